The van der Waals surface area contributed by atoms with Crippen LogP contribution in [0.1, 0.15) is 35.5 Å². The van der Waals surface area contributed by atoms with Gasteiger partial charge in [0.05, 0.1) is 12.3 Å². The first kappa shape index (κ1) is 23.0. The normalized spacial score (nSPS) is 18.3. The first-order chi connectivity index (χ1) is 16.7. The average molecular weight is 478 g/mol. The maximum absolute atomic E-state index is 14.9. The number of anilines is 1. The van der Waals surface area contributed by atoms with Crippen molar-refractivity contribution in [2.24, 2.45) is 0 Å². The molecule has 1 aliphatic heterocycles. The highest BCUT2D eigenvalue weighted by atomic mass is 19.1. The zero-order valence-corrected chi connectivity index (χ0v) is 19.9. The van der Waals surface area contributed by atoms with Gasteiger partial charge in [-0.05, 0) is 57.5 Å². The van der Waals surface area contributed by atoms with E-state index in [1.54, 1.807) is 26.2 Å². The van der Waals surface area contributed by atoms with E-state index >= 15 is 0 Å². The quantitative estimate of drug-likeness (QED) is 0.438. The van der Waals surface area contributed by atoms with Crippen LogP contribution in [0.15, 0.2) is 47.5 Å². The number of benzene rings is 1. The molecule has 3 aromatic heterocycles. The smallest absolute Gasteiger partial charge is 0.261 e. The Morgan fingerprint density at radius 2 is 1.86 bits per heavy atom. The number of halogens is 2. The predicted molar refractivity (Wildman–Crippen MR) is 129 cm³/mol. The van der Waals surface area contributed by atoms with Crippen molar-refractivity contribution in [2.75, 3.05) is 18.0 Å². The molecule has 0 N–H and O–H groups in total. The minimum Gasteiger partial charge on any atom is -0.367 e. The lowest BCUT2D eigenvalue weighted by Gasteiger charge is -2.38. The third-order valence-electron chi connectivity index (χ3n) is 6.33. The van der Waals surface area contributed by atoms with Gasteiger partial charge in [0.1, 0.15) is 29.3 Å². The van der Waals surface area contributed by atoms with Gasteiger partial charge in [-0.1, -0.05) is 0 Å². The Bertz CT molecular complexity index is 1500. The van der Waals surface area contributed by atoms with Gasteiger partial charge in [0.15, 0.2) is 5.65 Å². The molecule has 35 heavy (non-hydrogen) atoms. The van der Waals surface area contributed by atoms with Gasteiger partial charge in [-0.3, -0.25) is 14.2 Å². The van der Waals surface area contributed by atoms with E-state index in [4.69, 9.17) is 9.72 Å². The van der Waals surface area contributed by atoms with E-state index in [0.717, 1.165) is 17.3 Å². The number of morpholine rings is 1. The summed E-state index contributed by atoms with van der Waals surface area (Å²) in [4.78, 5) is 28.8. The molecule has 1 aliphatic rings. The van der Waals surface area contributed by atoms with Crippen LogP contribution in [-0.4, -0.2) is 38.5 Å². The second-order valence-corrected chi connectivity index (χ2v) is 8.96. The molecule has 1 aromatic carbocycles. The first-order valence-electron chi connectivity index (χ1n) is 11.4. The van der Waals surface area contributed by atoms with E-state index < -0.39 is 11.6 Å². The fourth-order valence-corrected chi connectivity index (χ4v) is 4.43. The molecule has 0 spiro atoms. The highest BCUT2D eigenvalue weighted by Crippen LogP contribution is 2.31. The van der Waals surface area contributed by atoms with Gasteiger partial charge in [0.25, 0.3) is 5.56 Å². The van der Waals surface area contributed by atoms with Crippen LogP contribution in [-0.2, 0) is 4.74 Å². The Labute approximate surface area is 201 Å². The average Bonchev–Trinajstić information content (AvgIpc) is 2.82. The number of rotatable bonds is 3. The molecule has 180 valence electrons. The van der Waals surface area contributed by atoms with Gasteiger partial charge in [0.2, 0.25) is 0 Å². The van der Waals surface area contributed by atoms with Crippen LogP contribution < -0.4 is 10.5 Å². The topological polar surface area (TPSA) is 72.6 Å². The zero-order valence-electron chi connectivity index (χ0n) is 19.9. The number of nitrogens with zero attached hydrogens (tertiary/aromatic N) is 5. The van der Waals surface area contributed by atoms with Crippen LogP contribution >= 0.6 is 0 Å². The molecule has 7 nitrogen and oxygen atoms in total. The molecule has 1 fully saturated rings. The standard InChI is InChI=1S/C26H25F2N5O2/c1-14-9-18(7-8-29-14)22-12-32(11-15(2)35-22)23-13-33-25(30-17(4)16(3)26(33)34)24(31-23)20-6-5-19(27)10-21(20)28/h5-10,13,15,22H,11-12H2,1-4H3/t15-,22+/m0/s1. The van der Waals surface area contributed by atoms with Crippen molar-refractivity contribution in [1.82, 2.24) is 19.4 Å². The third-order valence-corrected chi connectivity index (χ3v) is 6.33. The predicted octanol–water partition coefficient (Wildman–Crippen LogP) is 4.32. The Morgan fingerprint density at radius 3 is 2.60 bits per heavy atom. The molecule has 1 saturated heterocycles. The van der Waals surface area contributed by atoms with Crippen LogP contribution in [0, 0.1) is 32.4 Å². The number of pyridine rings is 1. The van der Waals surface area contributed by atoms with Crippen LogP contribution in [0.2, 0.25) is 0 Å². The van der Waals surface area contributed by atoms with Gasteiger partial charge in [-0.2, -0.15) is 0 Å². The van der Waals surface area contributed by atoms with Gasteiger partial charge in [-0.15, -0.1) is 0 Å². The monoisotopic (exact) mass is 477 g/mol. The Hall–Kier alpha value is -3.72. The second-order valence-electron chi connectivity index (χ2n) is 8.96. The first-order valence-corrected chi connectivity index (χ1v) is 11.4. The zero-order chi connectivity index (χ0) is 24.9. The number of aromatic nitrogens is 4. The summed E-state index contributed by atoms with van der Waals surface area (Å²) in [6.45, 7) is 8.32. The molecule has 0 aliphatic carbocycles. The summed E-state index contributed by atoms with van der Waals surface area (Å²) in [5.41, 5.74) is 3.10. The van der Waals surface area contributed by atoms with Crippen LogP contribution in [0.25, 0.3) is 16.9 Å². The Kier molecular flexibility index (Phi) is 5.80. The van der Waals surface area contributed by atoms with Crippen molar-refractivity contribution in [3.63, 3.8) is 0 Å². The lowest BCUT2D eigenvalue weighted by molar-refractivity contribution is -0.0177. The van der Waals surface area contributed by atoms with E-state index in [1.165, 1.54) is 16.5 Å². The highest BCUT2D eigenvalue weighted by Gasteiger charge is 2.29. The Balaban J connectivity index is 1.68. The summed E-state index contributed by atoms with van der Waals surface area (Å²) in [7, 11) is 0. The van der Waals surface area contributed by atoms with Crippen molar-refractivity contribution < 1.29 is 13.5 Å². The number of hydrogen-bond donors (Lipinski definition) is 0. The summed E-state index contributed by atoms with van der Waals surface area (Å²) >= 11 is 0. The molecule has 2 atom stereocenters. The number of hydrogen-bond acceptors (Lipinski definition) is 6. The van der Waals surface area contributed by atoms with Crippen LogP contribution in [0.5, 0.6) is 0 Å². The van der Waals surface area contributed by atoms with Gasteiger partial charge >= 0.3 is 0 Å². The van der Waals surface area contributed by atoms with E-state index in [1.807, 2.05) is 30.9 Å². The molecule has 0 unspecified atom stereocenters. The molecular formula is C26H25F2N5O2. The largest absolute Gasteiger partial charge is 0.367 e. The molecule has 0 saturated carbocycles. The van der Waals surface area contributed by atoms with Crippen LogP contribution in [0.4, 0.5) is 14.6 Å². The molecular weight excluding hydrogens is 452 g/mol. The van der Waals surface area contributed by atoms with Crippen molar-refractivity contribution in [1.29, 1.82) is 0 Å². The molecule has 9 heteroatoms. The number of ether oxygens (including phenoxy) is 1. The molecule has 0 amide bonds. The van der Waals surface area contributed by atoms with Gasteiger partial charge < -0.3 is 9.64 Å². The lowest BCUT2D eigenvalue weighted by atomic mass is 10.1. The van der Waals surface area contributed by atoms with Crippen molar-refractivity contribution in [3.8, 4) is 11.3 Å². The maximum atomic E-state index is 14.9. The molecule has 0 bridgehead atoms. The Morgan fingerprint density at radius 1 is 1.06 bits per heavy atom. The minimum atomic E-state index is -0.774. The fraction of sp³-hybridized carbons (Fsp3) is 0.308. The van der Waals surface area contributed by atoms with Crippen molar-refractivity contribution >= 4 is 11.5 Å². The maximum Gasteiger partial charge on any atom is 0.261 e. The molecule has 4 heterocycles. The highest BCUT2D eigenvalue weighted by molar-refractivity contribution is 5.76. The van der Waals surface area contributed by atoms with Crippen LogP contribution in [0.3, 0.4) is 0 Å². The van der Waals surface area contributed by atoms with Crippen molar-refractivity contribution in [3.05, 3.63) is 87.2 Å². The number of fused-ring (bicyclic) bond motifs is 1. The molecule has 4 aromatic rings. The molecule has 0 radical (unpaired) electrons. The number of aryl methyl sites for hydroxylation is 2. The second kappa shape index (κ2) is 8.81. The summed E-state index contributed by atoms with van der Waals surface area (Å²) in [5, 5.41) is 0. The summed E-state index contributed by atoms with van der Waals surface area (Å²) in [6, 6.07) is 7.19. The molecule has 5 rings (SSSR count). The van der Waals surface area contributed by atoms with E-state index in [-0.39, 0.29) is 34.7 Å². The fourth-order valence-electron chi connectivity index (χ4n) is 4.43. The summed E-state index contributed by atoms with van der Waals surface area (Å²) in [6.07, 6.45) is 3.02. The van der Waals surface area contributed by atoms with E-state index in [2.05, 4.69) is 9.97 Å². The summed E-state index contributed by atoms with van der Waals surface area (Å²) < 4.78 is 36.1. The minimum absolute atomic E-state index is 0.0727. The van der Waals surface area contributed by atoms with Crippen molar-refractivity contribution in [2.45, 2.75) is 39.9 Å². The SMILES string of the molecule is Cc1cc([C@H]2CN(c3cn4c(=O)c(C)c(C)nc4c(-c4ccc(F)cc4F)n3)C[C@H](C)O2)ccn1. The lowest BCUT2D eigenvalue weighted by Crippen LogP contribution is -2.43. The van der Waals surface area contributed by atoms with Gasteiger partial charge in [-0.25, -0.2) is 18.7 Å². The van der Waals surface area contributed by atoms with E-state index in [9.17, 15) is 13.6 Å². The summed E-state index contributed by atoms with van der Waals surface area (Å²) in [5.74, 6) is -0.986. The van der Waals surface area contributed by atoms with Gasteiger partial charge in [0, 0.05) is 47.9 Å². The third kappa shape index (κ3) is 4.27. The van der Waals surface area contributed by atoms with E-state index in [0.29, 0.717) is 30.2 Å².